The first-order valence-electron chi connectivity index (χ1n) is 7.83. The van der Waals surface area contributed by atoms with Gasteiger partial charge in [-0.3, -0.25) is 0 Å². The smallest absolute Gasteiger partial charge is 0.0426 e. The summed E-state index contributed by atoms with van der Waals surface area (Å²) in [6.45, 7) is 2.19. The van der Waals surface area contributed by atoms with Crippen molar-refractivity contribution >= 4 is 5.69 Å². The Kier molecular flexibility index (Phi) is 4.24. The predicted octanol–water partition coefficient (Wildman–Crippen LogP) is 5.56. The van der Waals surface area contributed by atoms with Crippen molar-refractivity contribution in [1.29, 1.82) is 0 Å². The van der Waals surface area contributed by atoms with Gasteiger partial charge >= 0.3 is 0 Å². The van der Waals surface area contributed by atoms with Crippen LogP contribution in [0, 0.1) is 0 Å². The minimum absolute atomic E-state index is 0.910. The lowest BCUT2D eigenvalue weighted by atomic mass is 9.92. The number of benzene rings is 3. The maximum Gasteiger partial charge on any atom is 0.0426 e. The number of nitrogen functional groups attached to an aromatic ring is 1. The summed E-state index contributed by atoms with van der Waals surface area (Å²) >= 11 is 0. The van der Waals surface area contributed by atoms with Crippen molar-refractivity contribution in [3.05, 3.63) is 78.4 Å². The minimum atomic E-state index is 0.910. The van der Waals surface area contributed by atoms with E-state index in [4.69, 9.17) is 5.73 Å². The first kappa shape index (κ1) is 14.4. The molecule has 2 N–H and O–H groups in total. The average Bonchev–Trinajstić information content (AvgIpc) is 2.58. The van der Waals surface area contributed by atoms with E-state index in [0.29, 0.717) is 0 Å². The van der Waals surface area contributed by atoms with Gasteiger partial charge in [-0.05, 0) is 40.8 Å². The van der Waals surface area contributed by atoms with E-state index in [9.17, 15) is 0 Å². The summed E-state index contributed by atoms with van der Waals surface area (Å²) in [6, 6.07) is 25.3. The lowest BCUT2D eigenvalue weighted by molar-refractivity contribution is 0.925. The first-order chi connectivity index (χ1) is 10.8. The predicted molar refractivity (Wildman–Crippen MR) is 95.7 cm³/mol. The van der Waals surface area contributed by atoms with Crippen LogP contribution in [-0.4, -0.2) is 0 Å². The fraction of sp³-hybridized carbons (Fsp3) is 0.143. The lowest BCUT2D eigenvalue weighted by Gasteiger charge is -2.14. The first-order valence-corrected chi connectivity index (χ1v) is 7.83. The molecule has 0 aliphatic heterocycles. The van der Waals surface area contributed by atoms with Gasteiger partial charge in [0.15, 0.2) is 0 Å². The number of hydrogen-bond donors (Lipinski definition) is 1. The molecule has 0 spiro atoms. The molecular formula is C21H21N. The largest absolute Gasteiger partial charge is 0.398 e. The van der Waals surface area contributed by atoms with E-state index in [1.165, 1.54) is 22.3 Å². The molecule has 110 valence electrons. The number of nitrogens with two attached hydrogens (primary N) is 1. The van der Waals surface area contributed by atoms with Crippen molar-refractivity contribution in [1.82, 2.24) is 0 Å². The van der Waals surface area contributed by atoms with Gasteiger partial charge in [0.2, 0.25) is 0 Å². The van der Waals surface area contributed by atoms with Crippen LogP contribution in [0.25, 0.3) is 22.3 Å². The topological polar surface area (TPSA) is 26.0 Å². The van der Waals surface area contributed by atoms with Crippen molar-refractivity contribution in [3.8, 4) is 22.3 Å². The minimum Gasteiger partial charge on any atom is -0.398 e. The van der Waals surface area contributed by atoms with Crippen molar-refractivity contribution in [2.24, 2.45) is 0 Å². The van der Waals surface area contributed by atoms with Gasteiger partial charge in [0, 0.05) is 11.3 Å². The fourth-order valence-electron chi connectivity index (χ4n) is 2.84. The van der Waals surface area contributed by atoms with Gasteiger partial charge in [-0.25, -0.2) is 0 Å². The van der Waals surface area contributed by atoms with Crippen LogP contribution >= 0.6 is 0 Å². The number of anilines is 1. The summed E-state index contributed by atoms with van der Waals surface area (Å²) in [5, 5.41) is 0. The maximum atomic E-state index is 6.45. The Balaban J connectivity index is 2.19. The van der Waals surface area contributed by atoms with Gasteiger partial charge in [-0.15, -0.1) is 0 Å². The van der Waals surface area contributed by atoms with Gasteiger partial charge in [-0.1, -0.05) is 74.0 Å². The molecule has 0 heterocycles. The zero-order valence-electron chi connectivity index (χ0n) is 12.9. The number of rotatable bonds is 4. The average molecular weight is 287 g/mol. The molecule has 0 saturated carbocycles. The maximum absolute atomic E-state index is 6.45. The Bertz CT molecular complexity index is 746. The molecule has 0 aliphatic carbocycles. The Morgan fingerprint density at radius 1 is 0.727 bits per heavy atom. The molecule has 0 saturated heterocycles. The van der Waals surface area contributed by atoms with Gasteiger partial charge in [0.25, 0.3) is 0 Å². The summed E-state index contributed by atoms with van der Waals surface area (Å²) in [5.74, 6) is 0. The van der Waals surface area contributed by atoms with Crippen LogP contribution in [0.5, 0.6) is 0 Å². The molecule has 3 aromatic rings. The monoisotopic (exact) mass is 287 g/mol. The van der Waals surface area contributed by atoms with Crippen molar-refractivity contribution in [2.45, 2.75) is 19.8 Å². The summed E-state index contributed by atoms with van der Waals surface area (Å²) in [5.41, 5.74) is 13.4. The molecule has 0 aromatic heterocycles. The van der Waals surface area contributed by atoms with E-state index >= 15 is 0 Å². The molecule has 0 aliphatic rings. The summed E-state index contributed by atoms with van der Waals surface area (Å²) in [7, 11) is 0. The zero-order valence-corrected chi connectivity index (χ0v) is 12.9. The van der Waals surface area contributed by atoms with Crippen LogP contribution in [0.4, 0.5) is 5.69 Å². The number of aryl methyl sites for hydroxylation is 1. The molecule has 3 aromatic carbocycles. The molecule has 0 unspecified atom stereocenters. The van der Waals surface area contributed by atoms with Crippen molar-refractivity contribution in [2.75, 3.05) is 5.73 Å². The van der Waals surface area contributed by atoms with Crippen LogP contribution in [0.1, 0.15) is 18.9 Å². The Hall–Kier alpha value is -2.54. The highest BCUT2D eigenvalue weighted by atomic mass is 14.6. The summed E-state index contributed by atoms with van der Waals surface area (Å²) < 4.78 is 0. The van der Waals surface area contributed by atoms with Gasteiger partial charge in [-0.2, -0.15) is 0 Å². The van der Waals surface area contributed by atoms with E-state index in [1.54, 1.807) is 0 Å². The molecular weight excluding hydrogens is 266 g/mol. The molecule has 0 amide bonds. The fourth-order valence-corrected chi connectivity index (χ4v) is 2.84. The Labute approximate surface area is 132 Å². The van der Waals surface area contributed by atoms with Crippen LogP contribution in [-0.2, 0) is 6.42 Å². The van der Waals surface area contributed by atoms with Gasteiger partial charge < -0.3 is 5.73 Å². The third-order valence-corrected chi connectivity index (χ3v) is 3.98. The second kappa shape index (κ2) is 6.48. The lowest BCUT2D eigenvalue weighted by Crippen LogP contribution is -1.98. The highest BCUT2D eigenvalue weighted by molar-refractivity contribution is 5.84. The van der Waals surface area contributed by atoms with Crippen LogP contribution in [0.15, 0.2) is 72.8 Å². The highest BCUT2D eigenvalue weighted by Crippen LogP contribution is 2.34. The molecule has 0 bridgehead atoms. The van der Waals surface area contributed by atoms with Gasteiger partial charge in [0.05, 0.1) is 0 Å². The van der Waals surface area contributed by atoms with Crippen molar-refractivity contribution in [3.63, 3.8) is 0 Å². The van der Waals surface area contributed by atoms with E-state index in [-0.39, 0.29) is 0 Å². The Morgan fingerprint density at radius 2 is 1.32 bits per heavy atom. The molecule has 1 heteroatoms. The molecule has 0 fully saturated rings. The third-order valence-electron chi connectivity index (χ3n) is 3.98. The standard InChI is InChI=1S/C21H21N/c1-2-9-18-14-19(16-10-5-3-6-11-16)15-20(21(18)22)17-12-7-4-8-13-17/h3-8,10-15H,2,9,22H2,1H3. The number of hydrogen-bond acceptors (Lipinski definition) is 1. The second-order valence-corrected chi connectivity index (χ2v) is 5.58. The molecule has 1 nitrogen and oxygen atoms in total. The van der Waals surface area contributed by atoms with Crippen LogP contribution < -0.4 is 5.73 Å². The summed E-state index contributed by atoms with van der Waals surface area (Å²) in [6.07, 6.45) is 2.10. The van der Waals surface area contributed by atoms with E-state index in [0.717, 1.165) is 24.1 Å². The molecule has 0 atom stereocenters. The third kappa shape index (κ3) is 2.89. The SMILES string of the molecule is CCCc1cc(-c2ccccc2)cc(-c2ccccc2)c1N. The zero-order chi connectivity index (χ0) is 15.4. The normalized spacial score (nSPS) is 10.6. The van der Waals surface area contributed by atoms with E-state index in [1.807, 2.05) is 12.1 Å². The quantitative estimate of drug-likeness (QED) is 0.625. The van der Waals surface area contributed by atoms with Gasteiger partial charge in [0.1, 0.15) is 0 Å². The van der Waals surface area contributed by atoms with E-state index < -0.39 is 0 Å². The van der Waals surface area contributed by atoms with Crippen molar-refractivity contribution < 1.29 is 0 Å². The van der Waals surface area contributed by atoms with Crippen LogP contribution in [0.2, 0.25) is 0 Å². The Morgan fingerprint density at radius 3 is 1.91 bits per heavy atom. The van der Waals surface area contributed by atoms with E-state index in [2.05, 4.69) is 67.6 Å². The molecule has 22 heavy (non-hydrogen) atoms. The summed E-state index contributed by atoms with van der Waals surface area (Å²) in [4.78, 5) is 0. The highest BCUT2D eigenvalue weighted by Gasteiger charge is 2.10. The van der Waals surface area contributed by atoms with Crippen LogP contribution in [0.3, 0.4) is 0 Å². The molecule has 0 radical (unpaired) electrons. The second-order valence-electron chi connectivity index (χ2n) is 5.58. The molecule has 3 rings (SSSR count).